The van der Waals surface area contributed by atoms with E-state index in [-0.39, 0.29) is 38.6 Å². The predicted octanol–water partition coefficient (Wildman–Crippen LogP) is 1.31. The number of hydrogen-bond donors (Lipinski definition) is 4. The molecular weight excluding hydrogens is 532 g/mol. The lowest BCUT2D eigenvalue weighted by atomic mass is 9.77. The Morgan fingerprint density at radius 2 is 1.80 bits per heavy atom. The number of fused-ring (bicyclic) bond motifs is 3. The standard InChI is InChI=1S/C30H38N2O9/c1-5-25(35)32(10-8-18-14-19(38-2)6-7-23(18)39-3)22-15-21(30(37)31-9-11-33)26-20-12-17(16-34)13-24(40-4)28(20)41-29(26)27(22)36/h6-7,12-15,22,26-27,29,33-34,36H,5,8-11,16H2,1-4H3,(H,31,37). The van der Waals surface area contributed by atoms with Gasteiger partial charge >= 0.3 is 0 Å². The molecule has 4 unspecified atom stereocenters. The number of rotatable bonds is 12. The van der Waals surface area contributed by atoms with Crippen molar-refractivity contribution in [2.45, 2.75) is 50.5 Å². The van der Waals surface area contributed by atoms with E-state index < -0.39 is 30.1 Å². The minimum absolute atomic E-state index is 0.0295. The zero-order valence-corrected chi connectivity index (χ0v) is 23.8. The fourth-order valence-corrected chi connectivity index (χ4v) is 5.58. The normalized spacial score (nSPS) is 20.7. The maximum Gasteiger partial charge on any atom is 0.247 e. The summed E-state index contributed by atoms with van der Waals surface area (Å²) >= 11 is 0. The molecule has 0 fully saturated rings. The quantitative estimate of drug-likeness (QED) is 0.297. The molecule has 0 saturated heterocycles. The maximum atomic E-state index is 13.4. The molecule has 4 rings (SSSR count). The highest BCUT2D eigenvalue weighted by Gasteiger charge is 2.51. The third kappa shape index (κ3) is 5.97. The molecule has 222 valence electrons. The molecular formula is C30H38N2O9. The molecule has 2 aliphatic rings. The number of aliphatic hydroxyl groups excluding tert-OH is 3. The van der Waals surface area contributed by atoms with Crippen LogP contribution in [0.2, 0.25) is 0 Å². The first-order chi connectivity index (χ1) is 19.8. The number of carbonyl (C=O) groups excluding carboxylic acids is 2. The Kier molecular flexibility index (Phi) is 9.74. The second kappa shape index (κ2) is 13.2. The van der Waals surface area contributed by atoms with Crippen molar-refractivity contribution in [3.63, 3.8) is 0 Å². The summed E-state index contributed by atoms with van der Waals surface area (Å²) in [7, 11) is 4.61. The number of benzene rings is 2. The van der Waals surface area contributed by atoms with Gasteiger partial charge in [0.25, 0.3) is 0 Å². The van der Waals surface area contributed by atoms with Crippen molar-refractivity contribution in [2.75, 3.05) is 41.0 Å². The van der Waals surface area contributed by atoms with E-state index in [1.165, 1.54) is 7.11 Å². The topological polar surface area (TPSA) is 147 Å². The highest BCUT2D eigenvalue weighted by Crippen LogP contribution is 2.51. The average Bonchev–Trinajstić information content (AvgIpc) is 3.39. The van der Waals surface area contributed by atoms with Gasteiger partial charge in [0, 0.05) is 30.6 Å². The summed E-state index contributed by atoms with van der Waals surface area (Å²) in [4.78, 5) is 28.3. The minimum Gasteiger partial charge on any atom is -0.497 e. The van der Waals surface area contributed by atoms with Gasteiger partial charge in [-0.15, -0.1) is 0 Å². The molecule has 2 amide bonds. The van der Waals surface area contributed by atoms with Gasteiger partial charge < -0.3 is 44.5 Å². The summed E-state index contributed by atoms with van der Waals surface area (Å²) in [6.07, 6.45) is 0.105. The van der Waals surface area contributed by atoms with Gasteiger partial charge in [-0.3, -0.25) is 9.59 Å². The largest absolute Gasteiger partial charge is 0.497 e. The molecule has 0 radical (unpaired) electrons. The Hall–Kier alpha value is -3.80. The van der Waals surface area contributed by atoms with Crippen molar-refractivity contribution in [3.05, 3.63) is 58.7 Å². The molecule has 0 saturated carbocycles. The van der Waals surface area contributed by atoms with E-state index in [9.17, 15) is 24.9 Å². The molecule has 1 aliphatic carbocycles. The van der Waals surface area contributed by atoms with Gasteiger partial charge in [0.2, 0.25) is 11.8 Å². The third-order valence-corrected chi connectivity index (χ3v) is 7.59. The van der Waals surface area contributed by atoms with Gasteiger partial charge in [0.1, 0.15) is 23.7 Å². The summed E-state index contributed by atoms with van der Waals surface area (Å²) in [5.41, 5.74) is 2.27. The van der Waals surface area contributed by atoms with E-state index >= 15 is 0 Å². The Bertz CT molecular complexity index is 1290. The van der Waals surface area contributed by atoms with Gasteiger partial charge in [-0.05, 0) is 54.0 Å². The maximum absolute atomic E-state index is 13.4. The lowest BCUT2D eigenvalue weighted by molar-refractivity contribution is -0.136. The lowest BCUT2D eigenvalue weighted by Crippen LogP contribution is -2.56. The average molecular weight is 571 g/mol. The molecule has 0 aromatic heterocycles. The zero-order chi connectivity index (χ0) is 29.7. The van der Waals surface area contributed by atoms with Gasteiger partial charge in [-0.1, -0.05) is 6.92 Å². The van der Waals surface area contributed by atoms with Crippen molar-refractivity contribution < 1.29 is 43.9 Å². The number of ether oxygens (including phenoxy) is 4. The van der Waals surface area contributed by atoms with Crippen LogP contribution in [0.15, 0.2) is 42.0 Å². The van der Waals surface area contributed by atoms with Crippen LogP contribution in [0.5, 0.6) is 23.0 Å². The van der Waals surface area contributed by atoms with Crippen molar-refractivity contribution in [1.29, 1.82) is 0 Å². The number of aliphatic hydroxyl groups is 3. The smallest absolute Gasteiger partial charge is 0.247 e. The van der Waals surface area contributed by atoms with E-state index in [0.29, 0.717) is 46.1 Å². The molecule has 11 nitrogen and oxygen atoms in total. The van der Waals surface area contributed by atoms with E-state index in [2.05, 4.69) is 5.32 Å². The predicted molar refractivity (Wildman–Crippen MR) is 149 cm³/mol. The molecule has 2 aromatic carbocycles. The second-order valence-electron chi connectivity index (χ2n) is 9.89. The molecule has 41 heavy (non-hydrogen) atoms. The molecule has 4 atom stereocenters. The van der Waals surface area contributed by atoms with Crippen molar-refractivity contribution >= 4 is 11.8 Å². The van der Waals surface area contributed by atoms with E-state index in [4.69, 9.17) is 18.9 Å². The monoisotopic (exact) mass is 570 g/mol. The van der Waals surface area contributed by atoms with Gasteiger partial charge in [0.05, 0.1) is 46.5 Å². The SMILES string of the molecule is CCC(=O)N(CCc1cc(OC)ccc1OC)C1C=C(C(=O)NCCO)C2c3cc(CO)cc(OC)c3OC2C1O. The van der Waals surface area contributed by atoms with Crippen LogP contribution in [0, 0.1) is 0 Å². The second-order valence-corrected chi connectivity index (χ2v) is 9.89. The summed E-state index contributed by atoms with van der Waals surface area (Å²) in [5, 5.41) is 33.6. The van der Waals surface area contributed by atoms with E-state index in [1.54, 1.807) is 56.4 Å². The fraction of sp³-hybridized carbons (Fsp3) is 0.467. The number of nitrogens with zero attached hydrogens (tertiary/aromatic N) is 1. The Balaban J connectivity index is 1.76. The van der Waals surface area contributed by atoms with Gasteiger partial charge in [-0.25, -0.2) is 0 Å². The van der Waals surface area contributed by atoms with Crippen LogP contribution < -0.4 is 24.3 Å². The highest BCUT2D eigenvalue weighted by molar-refractivity contribution is 5.96. The molecule has 0 bridgehead atoms. The zero-order valence-electron chi connectivity index (χ0n) is 23.8. The molecule has 1 heterocycles. The van der Waals surface area contributed by atoms with E-state index in [0.717, 1.165) is 5.56 Å². The molecule has 2 aromatic rings. The number of amides is 2. The summed E-state index contributed by atoms with van der Waals surface area (Å²) < 4.78 is 22.6. The Labute approximate surface area is 239 Å². The van der Waals surface area contributed by atoms with Crippen LogP contribution in [0.4, 0.5) is 0 Å². The summed E-state index contributed by atoms with van der Waals surface area (Å²) in [6, 6.07) is 7.91. The van der Waals surface area contributed by atoms with Gasteiger partial charge in [-0.2, -0.15) is 0 Å². The number of nitrogens with one attached hydrogen (secondary N) is 1. The third-order valence-electron chi connectivity index (χ3n) is 7.59. The van der Waals surface area contributed by atoms with E-state index in [1.807, 2.05) is 6.07 Å². The van der Waals surface area contributed by atoms with Crippen LogP contribution in [0.1, 0.15) is 36.0 Å². The highest BCUT2D eigenvalue weighted by atomic mass is 16.5. The molecule has 4 N–H and O–H groups in total. The molecule has 0 spiro atoms. The van der Waals surface area contributed by atoms with Crippen LogP contribution in [-0.2, 0) is 22.6 Å². The fourth-order valence-electron chi connectivity index (χ4n) is 5.58. The summed E-state index contributed by atoms with van der Waals surface area (Å²) in [5.74, 6) is 0.671. The molecule has 1 aliphatic heterocycles. The van der Waals surface area contributed by atoms with Crippen LogP contribution in [-0.4, -0.2) is 91.3 Å². The number of hydrogen-bond acceptors (Lipinski definition) is 9. The number of carbonyl (C=O) groups is 2. The lowest BCUT2D eigenvalue weighted by Gasteiger charge is -2.40. The number of methoxy groups -OCH3 is 3. The van der Waals surface area contributed by atoms with Gasteiger partial charge in [0.15, 0.2) is 11.5 Å². The van der Waals surface area contributed by atoms with Crippen molar-refractivity contribution in [2.24, 2.45) is 0 Å². The van der Waals surface area contributed by atoms with Crippen LogP contribution in [0.25, 0.3) is 0 Å². The first kappa shape index (κ1) is 30.2. The Morgan fingerprint density at radius 1 is 1.05 bits per heavy atom. The first-order valence-corrected chi connectivity index (χ1v) is 13.6. The first-order valence-electron chi connectivity index (χ1n) is 13.6. The van der Waals surface area contributed by atoms with Crippen molar-refractivity contribution in [1.82, 2.24) is 10.2 Å². The Morgan fingerprint density at radius 3 is 2.44 bits per heavy atom. The van der Waals surface area contributed by atoms with Crippen LogP contribution in [0.3, 0.4) is 0 Å². The molecule has 11 heteroatoms. The van der Waals surface area contributed by atoms with Crippen LogP contribution >= 0.6 is 0 Å². The summed E-state index contributed by atoms with van der Waals surface area (Å²) in [6.45, 7) is 1.48. The minimum atomic E-state index is -1.19. The van der Waals surface area contributed by atoms with Crippen molar-refractivity contribution in [3.8, 4) is 23.0 Å².